The van der Waals surface area contributed by atoms with Gasteiger partial charge in [-0.05, 0) is 66.9 Å². The minimum Gasteiger partial charge on any atom is -0.497 e. The number of aryl methyl sites for hydroxylation is 1. The zero-order chi connectivity index (χ0) is 24.2. The summed E-state index contributed by atoms with van der Waals surface area (Å²) in [6.45, 7) is 2.54. The Labute approximate surface area is 203 Å². The van der Waals surface area contributed by atoms with E-state index in [-0.39, 0.29) is 18.4 Å². The maximum Gasteiger partial charge on any atom is 0.231 e. The van der Waals surface area contributed by atoms with Crippen LogP contribution in [-0.4, -0.2) is 34.8 Å². The number of aromatic amines is 1. The number of methoxy groups -OCH3 is 1. The van der Waals surface area contributed by atoms with E-state index in [1.165, 1.54) is 0 Å². The van der Waals surface area contributed by atoms with Gasteiger partial charge in [0.25, 0.3) is 0 Å². The first-order chi connectivity index (χ1) is 17.1. The molecule has 4 aromatic rings. The molecular weight excluding hydrogens is 444 g/mol. The van der Waals surface area contributed by atoms with Crippen LogP contribution in [0.1, 0.15) is 17.0 Å². The van der Waals surface area contributed by atoms with Gasteiger partial charge in [-0.1, -0.05) is 12.1 Å². The lowest BCUT2D eigenvalue weighted by molar-refractivity contribution is -0.121. The number of nitrogens with one attached hydrogen (secondary N) is 2. The fourth-order valence-corrected chi connectivity index (χ4v) is 4.09. The average Bonchev–Trinajstić information content (AvgIpc) is 3.33. The quantitative estimate of drug-likeness (QED) is 0.411. The van der Waals surface area contributed by atoms with Gasteiger partial charge in [0.05, 0.1) is 30.6 Å². The van der Waals surface area contributed by atoms with Crippen LogP contribution >= 0.6 is 0 Å². The van der Waals surface area contributed by atoms with Crippen LogP contribution in [0.15, 0.2) is 67.0 Å². The summed E-state index contributed by atoms with van der Waals surface area (Å²) < 4.78 is 17.3. The van der Waals surface area contributed by atoms with E-state index in [9.17, 15) is 4.79 Å². The first kappa shape index (κ1) is 22.5. The number of amides is 1. The molecule has 1 aliphatic heterocycles. The van der Waals surface area contributed by atoms with Gasteiger partial charge < -0.3 is 19.5 Å². The van der Waals surface area contributed by atoms with Crippen LogP contribution < -0.4 is 19.5 Å². The number of carbonyl (C=O) groups excluding carboxylic acids is 1. The number of aromatic nitrogens is 3. The number of hydrogen-bond donors (Lipinski definition) is 2. The summed E-state index contributed by atoms with van der Waals surface area (Å²) in [7, 11) is 1.62. The first-order valence-electron chi connectivity index (χ1n) is 11.4. The third-order valence-corrected chi connectivity index (χ3v) is 6.03. The van der Waals surface area contributed by atoms with Crippen molar-refractivity contribution in [2.45, 2.75) is 20.0 Å². The molecule has 0 bridgehead atoms. The Morgan fingerprint density at radius 2 is 2.11 bits per heavy atom. The van der Waals surface area contributed by atoms with Gasteiger partial charge in [0, 0.05) is 17.5 Å². The van der Waals surface area contributed by atoms with Crippen molar-refractivity contribution in [2.24, 2.45) is 5.92 Å². The SMILES string of the molecule is COc1ccc2c(c1)C[C@@H](C(=O)Nc1ccc(-c3cn[nH]c3C)cc1OCc1ccccn1)CO2. The molecule has 0 fully saturated rings. The minimum atomic E-state index is -0.339. The van der Waals surface area contributed by atoms with Gasteiger partial charge in [-0.15, -0.1) is 0 Å². The van der Waals surface area contributed by atoms with Gasteiger partial charge >= 0.3 is 0 Å². The maximum absolute atomic E-state index is 13.2. The Kier molecular flexibility index (Phi) is 6.34. The van der Waals surface area contributed by atoms with Crippen molar-refractivity contribution in [3.8, 4) is 28.4 Å². The van der Waals surface area contributed by atoms with E-state index < -0.39 is 0 Å². The lowest BCUT2D eigenvalue weighted by Crippen LogP contribution is -2.32. The molecule has 35 heavy (non-hydrogen) atoms. The van der Waals surface area contributed by atoms with Gasteiger partial charge in [-0.3, -0.25) is 14.9 Å². The maximum atomic E-state index is 13.2. The summed E-state index contributed by atoms with van der Waals surface area (Å²) in [5.74, 6) is 1.61. The second-order valence-electron chi connectivity index (χ2n) is 8.40. The highest BCUT2D eigenvalue weighted by molar-refractivity contribution is 5.95. The fraction of sp³-hybridized carbons (Fsp3) is 0.222. The first-order valence-corrected chi connectivity index (χ1v) is 11.4. The Balaban J connectivity index is 1.37. The third-order valence-electron chi connectivity index (χ3n) is 6.03. The summed E-state index contributed by atoms with van der Waals surface area (Å²) in [6.07, 6.45) is 4.06. The molecule has 1 atom stereocenters. The number of fused-ring (bicyclic) bond motifs is 1. The van der Waals surface area contributed by atoms with Crippen LogP contribution in [0.25, 0.3) is 11.1 Å². The normalized spacial score (nSPS) is 14.5. The van der Waals surface area contributed by atoms with Crippen molar-refractivity contribution >= 4 is 11.6 Å². The van der Waals surface area contributed by atoms with E-state index in [1.807, 2.05) is 61.5 Å². The van der Waals surface area contributed by atoms with Crippen molar-refractivity contribution in [2.75, 3.05) is 19.0 Å². The van der Waals surface area contributed by atoms with E-state index >= 15 is 0 Å². The number of nitrogens with zero attached hydrogens (tertiary/aromatic N) is 2. The second kappa shape index (κ2) is 9.89. The second-order valence-corrected chi connectivity index (χ2v) is 8.40. The molecule has 1 amide bonds. The van der Waals surface area contributed by atoms with Gasteiger partial charge in [0.1, 0.15) is 30.5 Å². The molecule has 0 aliphatic carbocycles. The number of rotatable bonds is 7. The van der Waals surface area contributed by atoms with Crippen molar-refractivity contribution in [1.29, 1.82) is 0 Å². The van der Waals surface area contributed by atoms with E-state index in [0.717, 1.165) is 39.6 Å². The molecule has 8 heteroatoms. The molecule has 2 N–H and O–H groups in total. The van der Waals surface area contributed by atoms with Gasteiger partial charge in [0.15, 0.2) is 0 Å². The average molecular weight is 471 g/mol. The van der Waals surface area contributed by atoms with Crippen LogP contribution in [0.4, 0.5) is 5.69 Å². The van der Waals surface area contributed by atoms with Crippen molar-refractivity contribution in [3.05, 3.63) is 83.9 Å². The fourth-order valence-electron chi connectivity index (χ4n) is 4.09. The van der Waals surface area contributed by atoms with Crippen molar-refractivity contribution < 1.29 is 19.0 Å². The highest BCUT2D eigenvalue weighted by Crippen LogP contribution is 2.34. The largest absolute Gasteiger partial charge is 0.497 e. The summed E-state index contributed by atoms with van der Waals surface area (Å²) in [5.41, 5.74) is 5.19. The molecule has 2 aromatic heterocycles. The Bertz CT molecular complexity index is 1340. The molecule has 1 aliphatic rings. The molecule has 0 saturated carbocycles. The molecule has 0 radical (unpaired) electrons. The zero-order valence-electron chi connectivity index (χ0n) is 19.6. The smallest absolute Gasteiger partial charge is 0.231 e. The Morgan fingerprint density at radius 3 is 2.89 bits per heavy atom. The lowest BCUT2D eigenvalue weighted by atomic mass is 9.95. The van der Waals surface area contributed by atoms with Crippen molar-refractivity contribution in [1.82, 2.24) is 15.2 Å². The van der Waals surface area contributed by atoms with Crippen LogP contribution in [0, 0.1) is 12.8 Å². The highest BCUT2D eigenvalue weighted by Gasteiger charge is 2.27. The monoisotopic (exact) mass is 470 g/mol. The predicted molar refractivity (Wildman–Crippen MR) is 132 cm³/mol. The Hall–Kier alpha value is -4.33. The molecule has 5 rings (SSSR count). The molecule has 0 unspecified atom stereocenters. The molecule has 2 aromatic carbocycles. The van der Waals surface area contributed by atoms with Crippen LogP contribution in [-0.2, 0) is 17.8 Å². The molecule has 8 nitrogen and oxygen atoms in total. The van der Waals surface area contributed by atoms with E-state index in [1.54, 1.807) is 19.5 Å². The molecule has 0 saturated heterocycles. The van der Waals surface area contributed by atoms with Gasteiger partial charge in [-0.25, -0.2) is 0 Å². The number of pyridine rings is 1. The summed E-state index contributed by atoms with van der Waals surface area (Å²) >= 11 is 0. The number of carbonyl (C=O) groups is 1. The topological polar surface area (TPSA) is 98.4 Å². The predicted octanol–water partition coefficient (Wildman–Crippen LogP) is 4.56. The standard InChI is InChI=1S/C27H26N4O4/c1-17-23(14-29-31-17)18-6-8-24(26(13-18)35-16-21-5-3-4-10-28-21)30-27(32)20-11-19-12-22(33-2)7-9-25(19)34-15-20/h3-10,12-14,20H,11,15-16H2,1-2H3,(H,29,31)(H,30,32)/t20-/m1/s1. The molecule has 178 valence electrons. The third kappa shape index (κ3) is 4.96. The molecule has 3 heterocycles. The number of ether oxygens (including phenoxy) is 3. The molecule has 0 spiro atoms. The zero-order valence-corrected chi connectivity index (χ0v) is 19.6. The van der Waals surface area contributed by atoms with E-state index in [0.29, 0.717) is 24.5 Å². The summed E-state index contributed by atoms with van der Waals surface area (Å²) in [5, 5.41) is 10.1. The molecular formula is C27H26N4O4. The highest BCUT2D eigenvalue weighted by atomic mass is 16.5. The van der Waals surface area contributed by atoms with E-state index in [4.69, 9.17) is 14.2 Å². The number of anilines is 1. The van der Waals surface area contributed by atoms with Crippen LogP contribution in [0.3, 0.4) is 0 Å². The number of benzene rings is 2. The van der Waals surface area contributed by atoms with Gasteiger partial charge in [0.2, 0.25) is 5.91 Å². The minimum absolute atomic E-state index is 0.131. The number of H-pyrrole nitrogens is 1. The number of hydrogen-bond acceptors (Lipinski definition) is 6. The summed E-state index contributed by atoms with van der Waals surface area (Å²) in [4.78, 5) is 17.5. The Morgan fingerprint density at radius 1 is 1.20 bits per heavy atom. The van der Waals surface area contributed by atoms with E-state index in [2.05, 4.69) is 20.5 Å². The lowest BCUT2D eigenvalue weighted by Gasteiger charge is -2.25. The summed E-state index contributed by atoms with van der Waals surface area (Å²) in [6, 6.07) is 17.0. The van der Waals surface area contributed by atoms with Crippen LogP contribution in [0.2, 0.25) is 0 Å². The van der Waals surface area contributed by atoms with Gasteiger partial charge in [-0.2, -0.15) is 5.10 Å². The van der Waals surface area contributed by atoms with Crippen LogP contribution in [0.5, 0.6) is 17.2 Å². The van der Waals surface area contributed by atoms with Crippen molar-refractivity contribution in [3.63, 3.8) is 0 Å².